The molecule has 1 aromatic heterocycles. The highest BCUT2D eigenvalue weighted by Crippen LogP contribution is 2.42. The highest BCUT2D eigenvalue weighted by Gasteiger charge is 2.40. The van der Waals surface area contributed by atoms with E-state index in [4.69, 9.17) is 5.73 Å². The van der Waals surface area contributed by atoms with E-state index in [9.17, 15) is 4.79 Å². The van der Waals surface area contributed by atoms with Crippen LogP contribution in [0.5, 0.6) is 0 Å². The van der Waals surface area contributed by atoms with Gasteiger partial charge in [0.15, 0.2) is 0 Å². The van der Waals surface area contributed by atoms with E-state index >= 15 is 0 Å². The summed E-state index contributed by atoms with van der Waals surface area (Å²) in [6, 6.07) is 4.33. The maximum absolute atomic E-state index is 12.7. The number of aromatic nitrogens is 1. The lowest BCUT2D eigenvalue weighted by atomic mass is 9.65. The van der Waals surface area contributed by atoms with Crippen molar-refractivity contribution in [1.82, 2.24) is 4.98 Å². The number of carbonyl (C=O) groups excluding carboxylic acids is 1. The Morgan fingerprint density at radius 2 is 1.80 bits per heavy atom. The van der Waals surface area contributed by atoms with Crippen LogP contribution in [0.15, 0.2) is 18.3 Å². The molecular weight excluding hydrogens is 312 g/mol. The van der Waals surface area contributed by atoms with Gasteiger partial charge in [-0.1, -0.05) is 6.42 Å². The first-order chi connectivity index (χ1) is 12.2. The normalized spacial score (nSPS) is 32.3. The average molecular weight is 342 g/mol. The molecule has 0 radical (unpaired) electrons. The molecule has 2 unspecified atom stereocenters. The van der Waals surface area contributed by atoms with Crippen LogP contribution in [0.1, 0.15) is 51.4 Å². The highest BCUT2D eigenvalue weighted by molar-refractivity contribution is 5.91. The minimum Gasteiger partial charge on any atom is -0.370 e. The van der Waals surface area contributed by atoms with Crippen molar-refractivity contribution in [2.24, 2.45) is 23.5 Å². The number of piperidine rings is 1. The first-order valence-corrected chi connectivity index (χ1v) is 9.98. The molecule has 136 valence electrons. The van der Waals surface area contributed by atoms with Crippen LogP contribution in [-0.4, -0.2) is 30.0 Å². The lowest BCUT2D eigenvalue weighted by Crippen LogP contribution is -2.48. The standard InChI is InChI=1S/C20H30N4O/c21-19-14-5-4-6-15(19)12-16(11-14)20(25)23-18-8-7-17(13-22-18)24-9-2-1-3-10-24/h7-8,13-16,19H,1-6,9-12,21H2,(H,22,23,25). The minimum absolute atomic E-state index is 0.0960. The number of hydrogen-bond donors (Lipinski definition) is 2. The van der Waals surface area contributed by atoms with E-state index in [1.807, 2.05) is 12.3 Å². The SMILES string of the molecule is NC1C2CCCC1CC(C(=O)Nc1ccc(N3CCCCC3)cn1)C2. The van der Waals surface area contributed by atoms with E-state index in [0.29, 0.717) is 23.7 Å². The second-order valence-corrected chi connectivity index (χ2v) is 8.14. The fourth-order valence-corrected chi connectivity index (χ4v) is 5.03. The zero-order chi connectivity index (χ0) is 17.2. The fourth-order valence-electron chi connectivity index (χ4n) is 5.03. The molecule has 2 atom stereocenters. The zero-order valence-electron chi connectivity index (χ0n) is 15.0. The van der Waals surface area contributed by atoms with E-state index in [-0.39, 0.29) is 11.8 Å². The molecule has 1 aliphatic heterocycles. The van der Waals surface area contributed by atoms with Crippen LogP contribution in [0.4, 0.5) is 11.5 Å². The molecule has 2 heterocycles. The van der Waals surface area contributed by atoms with Crippen LogP contribution in [0, 0.1) is 17.8 Å². The summed E-state index contributed by atoms with van der Waals surface area (Å²) >= 11 is 0. The van der Waals surface area contributed by atoms with Crippen LogP contribution in [0.3, 0.4) is 0 Å². The van der Waals surface area contributed by atoms with Crippen molar-refractivity contribution in [3.05, 3.63) is 18.3 Å². The third-order valence-electron chi connectivity index (χ3n) is 6.50. The first-order valence-electron chi connectivity index (χ1n) is 9.98. The topological polar surface area (TPSA) is 71.2 Å². The maximum Gasteiger partial charge on any atom is 0.228 e. The molecule has 2 aliphatic carbocycles. The van der Waals surface area contributed by atoms with Crippen LogP contribution in [0.25, 0.3) is 0 Å². The number of hydrogen-bond acceptors (Lipinski definition) is 4. The van der Waals surface area contributed by atoms with E-state index in [1.165, 1.54) is 38.5 Å². The Morgan fingerprint density at radius 3 is 2.44 bits per heavy atom. The molecule has 0 spiro atoms. The van der Waals surface area contributed by atoms with Crippen LogP contribution in [0.2, 0.25) is 0 Å². The fraction of sp³-hybridized carbons (Fsp3) is 0.700. The third kappa shape index (κ3) is 3.66. The average Bonchev–Trinajstić information content (AvgIpc) is 2.63. The Hall–Kier alpha value is -1.62. The zero-order valence-corrected chi connectivity index (χ0v) is 15.0. The lowest BCUT2D eigenvalue weighted by Gasteiger charge is -2.43. The van der Waals surface area contributed by atoms with Crippen LogP contribution >= 0.6 is 0 Å². The number of pyridine rings is 1. The van der Waals surface area contributed by atoms with Crippen molar-refractivity contribution in [2.75, 3.05) is 23.3 Å². The number of fused-ring (bicyclic) bond motifs is 2. The summed E-state index contributed by atoms with van der Waals surface area (Å²) in [5.74, 6) is 1.95. The molecule has 1 saturated heterocycles. The van der Waals surface area contributed by atoms with Gasteiger partial charge >= 0.3 is 0 Å². The monoisotopic (exact) mass is 342 g/mol. The smallest absolute Gasteiger partial charge is 0.228 e. The summed E-state index contributed by atoms with van der Waals surface area (Å²) < 4.78 is 0. The van der Waals surface area contributed by atoms with E-state index in [0.717, 1.165) is 31.6 Å². The maximum atomic E-state index is 12.7. The van der Waals surface area contributed by atoms with Crippen LogP contribution < -0.4 is 16.0 Å². The summed E-state index contributed by atoms with van der Waals surface area (Å²) in [6.07, 6.45) is 11.3. The Balaban J connectivity index is 1.36. The van der Waals surface area contributed by atoms with Gasteiger partial charge in [-0.3, -0.25) is 4.79 Å². The number of nitrogens with two attached hydrogens (primary N) is 1. The number of rotatable bonds is 3. The molecule has 2 bridgehead atoms. The molecule has 1 amide bonds. The van der Waals surface area contributed by atoms with Gasteiger partial charge in [-0.25, -0.2) is 4.98 Å². The lowest BCUT2D eigenvalue weighted by molar-refractivity contribution is -0.122. The predicted octanol–water partition coefficient (Wildman–Crippen LogP) is 3.16. The van der Waals surface area contributed by atoms with Gasteiger partial charge < -0.3 is 16.0 Å². The van der Waals surface area contributed by atoms with Crippen LogP contribution in [-0.2, 0) is 4.79 Å². The quantitative estimate of drug-likeness (QED) is 0.885. The van der Waals surface area contributed by atoms with Gasteiger partial charge in [0.2, 0.25) is 5.91 Å². The predicted molar refractivity (Wildman–Crippen MR) is 100 cm³/mol. The summed E-state index contributed by atoms with van der Waals surface area (Å²) in [6.45, 7) is 2.22. The molecule has 3 N–H and O–H groups in total. The van der Waals surface area contributed by atoms with Crippen molar-refractivity contribution < 1.29 is 4.79 Å². The van der Waals surface area contributed by atoms with E-state index in [1.54, 1.807) is 0 Å². The molecule has 3 fully saturated rings. The largest absolute Gasteiger partial charge is 0.370 e. The number of carbonyl (C=O) groups is 1. The van der Waals surface area contributed by atoms with Gasteiger partial charge in [0.05, 0.1) is 11.9 Å². The summed E-state index contributed by atoms with van der Waals surface area (Å²) in [4.78, 5) is 19.5. The van der Waals surface area contributed by atoms with Gasteiger partial charge in [0.1, 0.15) is 5.82 Å². The highest BCUT2D eigenvalue weighted by atomic mass is 16.1. The summed E-state index contributed by atoms with van der Waals surface area (Å²) in [5.41, 5.74) is 7.50. The van der Waals surface area contributed by atoms with Gasteiger partial charge in [-0.05, 0) is 68.9 Å². The second kappa shape index (κ2) is 7.32. The molecule has 3 aliphatic rings. The number of anilines is 2. The molecule has 2 saturated carbocycles. The molecule has 5 heteroatoms. The van der Waals surface area contributed by atoms with Gasteiger partial charge in [0, 0.05) is 25.0 Å². The van der Waals surface area contributed by atoms with Gasteiger partial charge in [0.25, 0.3) is 0 Å². The van der Waals surface area contributed by atoms with Gasteiger partial charge in [-0.2, -0.15) is 0 Å². The number of nitrogens with zero attached hydrogens (tertiary/aromatic N) is 2. The van der Waals surface area contributed by atoms with Gasteiger partial charge in [-0.15, -0.1) is 0 Å². The molecule has 4 rings (SSSR count). The minimum atomic E-state index is 0.0960. The molecule has 5 nitrogen and oxygen atoms in total. The Labute approximate surface area is 150 Å². The van der Waals surface area contributed by atoms with E-state index < -0.39 is 0 Å². The van der Waals surface area contributed by atoms with E-state index in [2.05, 4.69) is 21.3 Å². The molecule has 25 heavy (non-hydrogen) atoms. The number of nitrogens with one attached hydrogen (secondary N) is 1. The first kappa shape index (κ1) is 16.8. The van der Waals surface area contributed by atoms with Crippen molar-refractivity contribution in [3.8, 4) is 0 Å². The molecule has 0 aromatic carbocycles. The Morgan fingerprint density at radius 1 is 1.08 bits per heavy atom. The Bertz CT molecular complexity index is 582. The van der Waals surface area contributed by atoms with Crippen molar-refractivity contribution >= 4 is 17.4 Å². The summed E-state index contributed by atoms with van der Waals surface area (Å²) in [5, 5.41) is 3.04. The van der Waals surface area contributed by atoms with Crippen molar-refractivity contribution in [2.45, 2.75) is 57.4 Å². The number of amides is 1. The second-order valence-electron chi connectivity index (χ2n) is 8.14. The Kier molecular flexibility index (Phi) is 4.93. The van der Waals surface area contributed by atoms with Crippen molar-refractivity contribution in [3.63, 3.8) is 0 Å². The molecule has 1 aromatic rings. The van der Waals surface area contributed by atoms with Crippen molar-refractivity contribution in [1.29, 1.82) is 0 Å². The third-order valence-corrected chi connectivity index (χ3v) is 6.50. The molecular formula is C20H30N4O. The summed E-state index contributed by atoms with van der Waals surface area (Å²) in [7, 11) is 0.